The Labute approximate surface area is 182 Å². The zero-order chi connectivity index (χ0) is 23.0. The van der Waals surface area contributed by atoms with Gasteiger partial charge in [0.05, 0.1) is 48.1 Å². The van der Waals surface area contributed by atoms with Crippen LogP contribution < -0.4 is 15.1 Å². The zero-order valence-corrected chi connectivity index (χ0v) is 17.4. The summed E-state index contributed by atoms with van der Waals surface area (Å²) < 4.78 is 21.4. The van der Waals surface area contributed by atoms with E-state index in [1.165, 1.54) is 6.20 Å². The van der Waals surface area contributed by atoms with Gasteiger partial charge in [-0.2, -0.15) is 0 Å². The van der Waals surface area contributed by atoms with E-state index in [1.807, 2.05) is 9.80 Å². The van der Waals surface area contributed by atoms with Crippen molar-refractivity contribution in [2.75, 3.05) is 44.3 Å². The second-order valence-corrected chi connectivity index (χ2v) is 8.17. The number of carboxylic acid groups (broad SMARTS) is 1. The highest BCUT2D eigenvalue weighted by atomic mass is 19.1. The molecule has 32 heavy (non-hydrogen) atoms. The van der Waals surface area contributed by atoms with Gasteiger partial charge in [-0.25, -0.2) is 9.18 Å². The minimum absolute atomic E-state index is 0.0574. The summed E-state index contributed by atoms with van der Waals surface area (Å²) in [4.78, 5) is 27.3. The first kappa shape index (κ1) is 22.5. The molecule has 174 valence electrons. The Kier molecular flexibility index (Phi) is 6.33. The number of halogens is 1. The molecule has 1 aromatic carbocycles. The molecule has 2 heterocycles. The van der Waals surface area contributed by atoms with Gasteiger partial charge >= 0.3 is 6.16 Å². The van der Waals surface area contributed by atoms with Crippen molar-refractivity contribution in [2.45, 2.75) is 31.0 Å². The molecule has 0 amide bonds. The topological polar surface area (TPSA) is 136 Å². The van der Waals surface area contributed by atoms with Crippen LogP contribution in [0.1, 0.15) is 18.9 Å². The Morgan fingerprint density at radius 1 is 1.16 bits per heavy atom. The van der Waals surface area contributed by atoms with E-state index in [0.717, 1.165) is 18.9 Å². The molecular formula is C21H26FN3O7. The summed E-state index contributed by atoms with van der Waals surface area (Å²) in [5, 5.41) is 37.6. The van der Waals surface area contributed by atoms with Gasteiger partial charge in [-0.3, -0.25) is 9.69 Å². The van der Waals surface area contributed by atoms with Gasteiger partial charge in [0.25, 0.3) is 0 Å². The van der Waals surface area contributed by atoms with Gasteiger partial charge in [-0.15, -0.1) is 0 Å². The number of ether oxygens (including phenoxy) is 1. The first-order valence-corrected chi connectivity index (χ1v) is 10.5. The van der Waals surface area contributed by atoms with Crippen LogP contribution >= 0.6 is 0 Å². The molecule has 1 aliphatic carbocycles. The van der Waals surface area contributed by atoms with Crippen molar-refractivity contribution in [1.29, 1.82) is 0 Å². The van der Waals surface area contributed by atoms with E-state index < -0.39 is 36.2 Å². The number of hydrogen-bond acceptors (Lipinski definition) is 8. The maximum absolute atomic E-state index is 15.1. The number of benzene rings is 1. The lowest BCUT2D eigenvalue weighted by molar-refractivity contribution is -0.0149. The summed E-state index contributed by atoms with van der Waals surface area (Å²) in [7, 11) is 0. The van der Waals surface area contributed by atoms with E-state index in [2.05, 4.69) is 4.74 Å². The molecule has 0 bridgehead atoms. The molecular weight excluding hydrogens is 425 g/mol. The lowest BCUT2D eigenvalue weighted by Gasteiger charge is -2.41. The van der Waals surface area contributed by atoms with Crippen LogP contribution in [-0.2, 0) is 0 Å². The van der Waals surface area contributed by atoms with Gasteiger partial charge in [-0.05, 0) is 25.0 Å². The van der Waals surface area contributed by atoms with Crippen molar-refractivity contribution in [2.24, 2.45) is 0 Å². The molecule has 4 rings (SSSR count). The second-order valence-electron chi connectivity index (χ2n) is 8.17. The monoisotopic (exact) mass is 451 g/mol. The lowest BCUT2D eigenvalue weighted by Crippen LogP contribution is -2.56. The molecule has 4 N–H and O–H groups in total. The number of piperazine rings is 1. The maximum atomic E-state index is 15.1. The molecule has 1 saturated carbocycles. The summed E-state index contributed by atoms with van der Waals surface area (Å²) in [5.74, 6) is -0.956. The normalized spacial score (nSPS) is 19.2. The molecule has 1 aromatic heterocycles. The number of nitrogens with zero attached hydrogens (tertiary/aromatic N) is 3. The summed E-state index contributed by atoms with van der Waals surface area (Å²) in [6.45, 7) is 0.967. The molecule has 0 radical (unpaired) electrons. The van der Waals surface area contributed by atoms with Gasteiger partial charge in [0, 0.05) is 32.2 Å². The highest BCUT2D eigenvalue weighted by Crippen LogP contribution is 2.39. The fraction of sp³-hybridized carbons (Fsp3) is 0.524. The van der Waals surface area contributed by atoms with E-state index in [4.69, 9.17) is 5.11 Å². The Bertz CT molecular complexity index is 1060. The lowest BCUT2D eigenvalue weighted by atomic mass is 10.1. The van der Waals surface area contributed by atoms with Crippen LogP contribution in [0.15, 0.2) is 23.1 Å². The Balaban J connectivity index is 1.65. The van der Waals surface area contributed by atoms with Gasteiger partial charge in [0.1, 0.15) is 5.82 Å². The molecule has 2 fully saturated rings. The van der Waals surface area contributed by atoms with E-state index in [9.17, 15) is 24.9 Å². The van der Waals surface area contributed by atoms with Crippen molar-refractivity contribution >= 4 is 22.7 Å². The molecule has 10 nitrogen and oxygen atoms in total. The van der Waals surface area contributed by atoms with Crippen molar-refractivity contribution in [1.82, 2.24) is 9.47 Å². The minimum Gasteiger partial charge on any atom is -0.449 e. The molecule has 1 aliphatic heterocycles. The fourth-order valence-corrected chi connectivity index (χ4v) is 4.29. The summed E-state index contributed by atoms with van der Waals surface area (Å²) in [5.41, 5.74) is 0.150. The van der Waals surface area contributed by atoms with E-state index in [-0.39, 0.29) is 23.8 Å². The maximum Gasteiger partial charge on any atom is 0.511 e. The SMILES string of the molecule is O=C(O)Oc1cn(C2CC2)c2cc(N3CCN(C(CO)C(O)CO)CC3)c(F)cc2c1=O. The summed E-state index contributed by atoms with van der Waals surface area (Å²) in [6.07, 6.45) is 0.431. The summed E-state index contributed by atoms with van der Waals surface area (Å²) in [6, 6.07) is 2.22. The van der Waals surface area contributed by atoms with Crippen LogP contribution in [0.2, 0.25) is 0 Å². The van der Waals surface area contributed by atoms with Gasteiger partial charge in [-0.1, -0.05) is 0 Å². The third-order valence-electron chi connectivity index (χ3n) is 6.15. The van der Waals surface area contributed by atoms with Crippen LogP contribution in [0.25, 0.3) is 10.9 Å². The van der Waals surface area contributed by atoms with Crippen molar-refractivity contribution in [3.63, 3.8) is 0 Å². The highest BCUT2D eigenvalue weighted by molar-refractivity contribution is 5.85. The van der Waals surface area contributed by atoms with Gasteiger partial charge in [0.2, 0.25) is 5.43 Å². The average molecular weight is 451 g/mol. The van der Waals surface area contributed by atoms with Crippen LogP contribution in [0.5, 0.6) is 5.75 Å². The largest absolute Gasteiger partial charge is 0.511 e. The standard InChI is InChI=1S/C21H26FN3O7/c22-14-7-13-15(25(12-1-2-12)9-19(20(13)29)32-21(30)31)8-16(14)23-3-5-24(6-4-23)17(10-26)18(28)11-27/h7-9,12,17-18,26-28H,1-6,10-11H2,(H,30,31). The predicted octanol–water partition coefficient (Wildman–Crippen LogP) is 0.368. The zero-order valence-electron chi connectivity index (χ0n) is 17.4. The minimum atomic E-state index is -1.61. The van der Waals surface area contributed by atoms with E-state index in [0.29, 0.717) is 37.4 Å². The van der Waals surface area contributed by atoms with E-state index in [1.54, 1.807) is 10.6 Å². The number of carbonyl (C=O) groups is 1. The highest BCUT2D eigenvalue weighted by Gasteiger charge is 2.31. The molecule has 11 heteroatoms. The first-order chi connectivity index (χ1) is 15.3. The Morgan fingerprint density at radius 3 is 2.41 bits per heavy atom. The van der Waals surface area contributed by atoms with Crippen molar-refractivity contribution in [3.8, 4) is 5.75 Å². The van der Waals surface area contributed by atoms with E-state index >= 15 is 4.39 Å². The Hall–Kier alpha value is -2.73. The smallest absolute Gasteiger partial charge is 0.449 e. The van der Waals surface area contributed by atoms with Crippen LogP contribution in [0.3, 0.4) is 0 Å². The second kappa shape index (κ2) is 9.02. The number of fused-ring (bicyclic) bond motifs is 1. The number of aromatic nitrogens is 1. The number of rotatable bonds is 7. The van der Waals surface area contributed by atoms with Crippen molar-refractivity contribution in [3.05, 3.63) is 34.4 Å². The first-order valence-electron chi connectivity index (χ1n) is 10.5. The predicted molar refractivity (Wildman–Crippen MR) is 113 cm³/mol. The van der Waals surface area contributed by atoms with Gasteiger partial charge < -0.3 is 34.6 Å². The number of aliphatic hydroxyl groups is 3. The average Bonchev–Trinajstić information content (AvgIpc) is 3.61. The number of pyridine rings is 1. The third kappa shape index (κ3) is 4.29. The van der Waals surface area contributed by atoms with Crippen LogP contribution in [0, 0.1) is 5.82 Å². The molecule has 2 atom stereocenters. The molecule has 2 aliphatic rings. The number of anilines is 1. The molecule has 2 unspecified atom stereocenters. The van der Waals surface area contributed by atoms with Gasteiger partial charge in [0.15, 0.2) is 5.75 Å². The number of hydrogen-bond donors (Lipinski definition) is 4. The van der Waals surface area contributed by atoms with Crippen LogP contribution in [-0.4, -0.2) is 87.6 Å². The fourth-order valence-electron chi connectivity index (χ4n) is 4.29. The molecule has 0 spiro atoms. The summed E-state index contributed by atoms with van der Waals surface area (Å²) >= 11 is 0. The quantitative estimate of drug-likeness (QED) is 0.440. The number of aliphatic hydroxyl groups excluding tert-OH is 3. The Morgan fingerprint density at radius 2 is 1.84 bits per heavy atom. The van der Waals surface area contributed by atoms with Crippen molar-refractivity contribution < 1.29 is 34.3 Å². The molecule has 1 saturated heterocycles. The van der Waals surface area contributed by atoms with Crippen LogP contribution in [0.4, 0.5) is 14.9 Å². The third-order valence-corrected chi connectivity index (χ3v) is 6.15. The molecule has 2 aromatic rings.